The van der Waals surface area contributed by atoms with Crippen LogP contribution in [-0.4, -0.2) is 30.3 Å². The molecule has 0 aliphatic heterocycles. The van der Waals surface area contributed by atoms with E-state index in [1.165, 1.54) is 12.1 Å². The van der Waals surface area contributed by atoms with E-state index in [0.717, 1.165) is 17.9 Å². The number of halogens is 3. The molecule has 0 saturated heterocycles. The summed E-state index contributed by atoms with van der Waals surface area (Å²) in [4.78, 5) is 11.7. The number of amides is 1. The average Bonchev–Trinajstić information content (AvgIpc) is 2.36. The quantitative estimate of drug-likeness (QED) is 0.848. The van der Waals surface area contributed by atoms with Gasteiger partial charge in [-0.2, -0.15) is 11.8 Å². The van der Waals surface area contributed by atoms with Crippen LogP contribution in [0.5, 0.6) is 5.75 Å². The second kappa shape index (κ2) is 7.39. The summed E-state index contributed by atoms with van der Waals surface area (Å²) in [5, 5.41) is 2.53. The van der Waals surface area contributed by atoms with E-state index in [4.69, 9.17) is 5.73 Å². The van der Waals surface area contributed by atoms with Gasteiger partial charge in [0.1, 0.15) is 5.75 Å². The van der Waals surface area contributed by atoms with Crippen molar-refractivity contribution in [3.8, 4) is 5.75 Å². The highest BCUT2D eigenvalue weighted by atomic mass is 32.2. The van der Waals surface area contributed by atoms with Gasteiger partial charge in [-0.1, -0.05) is 0 Å². The van der Waals surface area contributed by atoms with Crippen molar-refractivity contribution < 1.29 is 22.7 Å². The molecule has 0 bridgehead atoms. The lowest BCUT2D eigenvalue weighted by Crippen LogP contribution is -2.36. The van der Waals surface area contributed by atoms with Crippen molar-refractivity contribution in [3.63, 3.8) is 0 Å². The molecule has 4 nitrogen and oxygen atoms in total. The molecule has 0 heterocycles. The summed E-state index contributed by atoms with van der Waals surface area (Å²) in [5.41, 5.74) is 6.03. The number of ether oxygens (including phenoxy) is 1. The number of carbonyl (C=O) groups excluding carboxylic acids is 1. The molecule has 1 rings (SSSR count). The molecule has 0 radical (unpaired) electrons. The third-order valence-electron chi connectivity index (χ3n) is 2.33. The van der Waals surface area contributed by atoms with E-state index in [-0.39, 0.29) is 11.7 Å². The van der Waals surface area contributed by atoms with Gasteiger partial charge in [0.2, 0.25) is 5.91 Å². The van der Waals surface area contributed by atoms with E-state index in [2.05, 4.69) is 10.1 Å². The molecule has 20 heavy (non-hydrogen) atoms. The van der Waals surface area contributed by atoms with Crippen LogP contribution in [0.2, 0.25) is 0 Å². The molecule has 0 saturated carbocycles. The molecular weight excluding hydrogens is 293 g/mol. The number of alkyl halides is 3. The fraction of sp³-hybridized carbons (Fsp3) is 0.417. The number of benzene rings is 1. The summed E-state index contributed by atoms with van der Waals surface area (Å²) < 4.78 is 39.6. The van der Waals surface area contributed by atoms with Crippen LogP contribution in [0.1, 0.15) is 6.42 Å². The van der Waals surface area contributed by atoms with E-state index >= 15 is 0 Å². The Hall–Kier alpha value is -1.41. The topological polar surface area (TPSA) is 64.4 Å². The lowest BCUT2D eigenvalue weighted by Gasteiger charge is -2.12. The Bertz CT molecular complexity index is 437. The van der Waals surface area contributed by atoms with Crippen LogP contribution in [0.4, 0.5) is 18.9 Å². The zero-order chi connectivity index (χ0) is 15.2. The first-order valence-electron chi connectivity index (χ1n) is 5.73. The van der Waals surface area contributed by atoms with E-state index in [9.17, 15) is 18.0 Å². The second-order valence-corrected chi connectivity index (χ2v) is 4.93. The first kappa shape index (κ1) is 16.6. The summed E-state index contributed by atoms with van der Waals surface area (Å²) in [6.45, 7) is 0. The largest absolute Gasteiger partial charge is 0.573 e. The minimum atomic E-state index is -4.73. The molecule has 0 fully saturated rings. The molecule has 0 aliphatic rings. The summed E-state index contributed by atoms with van der Waals surface area (Å²) in [6.07, 6.45) is -2.29. The zero-order valence-electron chi connectivity index (χ0n) is 10.7. The standard InChI is InChI=1S/C12H15F3N2O2S/c1-20-7-6-10(16)11(18)17-8-2-4-9(5-3-8)19-12(13,14)15/h2-5,10H,6-7,16H2,1H3,(H,17,18)/t10-/m1/s1. The molecule has 1 aromatic rings. The highest BCUT2D eigenvalue weighted by Crippen LogP contribution is 2.23. The van der Waals surface area contributed by atoms with Crippen molar-refractivity contribution in [2.75, 3.05) is 17.3 Å². The van der Waals surface area contributed by atoms with Crippen molar-refractivity contribution in [3.05, 3.63) is 24.3 Å². The second-order valence-electron chi connectivity index (χ2n) is 3.95. The highest BCUT2D eigenvalue weighted by Gasteiger charge is 2.30. The number of hydrogen-bond acceptors (Lipinski definition) is 4. The minimum absolute atomic E-state index is 0.345. The number of carbonyl (C=O) groups is 1. The molecule has 112 valence electrons. The monoisotopic (exact) mass is 308 g/mol. The van der Waals surface area contributed by atoms with Crippen molar-refractivity contribution >= 4 is 23.4 Å². The summed E-state index contributed by atoms with van der Waals surface area (Å²) >= 11 is 1.58. The molecule has 1 amide bonds. The van der Waals surface area contributed by atoms with E-state index < -0.39 is 12.4 Å². The Kier molecular flexibility index (Phi) is 6.15. The van der Waals surface area contributed by atoms with Gasteiger partial charge in [0.05, 0.1) is 6.04 Å². The van der Waals surface area contributed by atoms with E-state index in [1.807, 2.05) is 6.26 Å². The zero-order valence-corrected chi connectivity index (χ0v) is 11.6. The Morgan fingerprint density at radius 1 is 1.40 bits per heavy atom. The lowest BCUT2D eigenvalue weighted by molar-refractivity contribution is -0.274. The van der Waals surface area contributed by atoms with Crippen LogP contribution in [-0.2, 0) is 4.79 Å². The maximum Gasteiger partial charge on any atom is 0.573 e. The minimum Gasteiger partial charge on any atom is -0.406 e. The molecule has 0 aromatic heterocycles. The lowest BCUT2D eigenvalue weighted by atomic mass is 10.2. The third kappa shape index (κ3) is 6.16. The fourth-order valence-electron chi connectivity index (χ4n) is 1.35. The van der Waals surface area contributed by atoms with Crippen molar-refractivity contribution in [1.29, 1.82) is 0 Å². The summed E-state index contributed by atoms with van der Waals surface area (Å²) in [7, 11) is 0. The number of rotatable bonds is 6. The molecule has 0 aliphatic carbocycles. The normalized spacial score (nSPS) is 12.8. The van der Waals surface area contributed by atoms with Gasteiger partial charge < -0.3 is 15.8 Å². The molecule has 0 spiro atoms. The maximum atomic E-state index is 12.0. The van der Waals surface area contributed by atoms with Gasteiger partial charge in [0.25, 0.3) is 0 Å². The van der Waals surface area contributed by atoms with Gasteiger partial charge in [-0.15, -0.1) is 13.2 Å². The Morgan fingerprint density at radius 2 is 2.00 bits per heavy atom. The SMILES string of the molecule is CSCC[C@@H](N)C(=O)Nc1ccc(OC(F)(F)F)cc1. The number of nitrogens with one attached hydrogen (secondary N) is 1. The first-order valence-corrected chi connectivity index (χ1v) is 7.12. The number of thioether (sulfide) groups is 1. The van der Waals surface area contributed by atoms with Crippen LogP contribution in [0.3, 0.4) is 0 Å². The summed E-state index contributed by atoms with van der Waals surface area (Å²) in [6, 6.07) is 4.24. The van der Waals surface area contributed by atoms with Gasteiger partial charge in [0, 0.05) is 5.69 Å². The third-order valence-corrected chi connectivity index (χ3v) is 2.97. The Morgan fingerprint density at radius 3 is 2.50 bits per heavy atom. The predicted molar refractivity (Wildman–Crippen MR) is 72.7 cm³/mol. The molecule has 3 N–H and O–H groups in total. The van der Waals surface area contributed by atoms with Gasteiger partial charge >= 0.3 is 6.36 Å². The molecule has 1 atom stereocenters. The van der Waals surface area contributed by atoms with Crippen molar-refractivity contribution in [1.82, 2.24) is 0 Å². The van der Waals surface area contributed by atoms with Gasteiger partial charge in [-0.25, -0.2) is 0 Å². The Labute approximate surface area is 118 Å². The molecule has 1 aromatic carbocycles. The van der Waals surface area contributed by atoms with Crippen LogP contribution in [0, 0.1) is 0 Å². The van der Waals surface area contributed by atoms with E-state index in [0.29, 0.717) is 12.1 Å². The van der Waals surface area contributed by atoms with Gasteiger partial charge in [-0.05, 0) is 42.7 Å². The molecule has 8 heteroatoms. The smallest absolute Gasteiger partial charge is 0.406 e. The predicted octanol–water partition coefficient (Wildman–Crippen LogP) is 2.60. The molecule has 0 unspecified atom stereocenters. The first-order chi connectivity index (χ1) is 9.31. The van der Waals surface area contributed by atoms with Crippen LogP contribution in [0.25, 0.3) is 0 Å². The van der Waals surface area contributed by atoms with Crippen molar-refractivity contribution in [2.24, 2.45) is 5.73 Å². The molecular formula is C12H15F3N2O2S. The number of hydrogen-bond donors (Lipinski definition) is 2. The fourth-order valence-corrected chi connectivity index (χ4v) is 1.84. The Balaban J connectivity index is 2.55. The van der Waals surface area contributed by atoms with Crippen molar-refractivity contribution in [2.45, 2.75) is 18.8 Å². The van der Waals surface area contributed by atoms with E-state index in [1.54, 1.807) is 11.8 Å². The number of anilines is 1. The van der Waals surface area contributed by atoms with Crippen LogP contribution >= 0.6 is 11.8 Å². The maximum absolute atomic E-state index is 12.0. The van der Waals surface area contributed by atoms with Gasteiger partial charge in [-0.3, -0.25) is 4.79 Å². The average molecular weight is 308 g/mol. The highest BCUT2D eigenvalue weighted by molar-refractivity contribution is 7.98. The summed E-state index contributed by atoms with van der Waals surface area (Å²) in [5.74, 6) is 0.0400. The number of nitrogens with two attached hydrogens (primary N) is 1. The van der Waals surface area contributed by atoms with Crippen LogP contribution in [0.15, 0.2) is 24.3 Å². The van der Waals surface area contributed by atoms with Crippen LogP contribution < -0.4 is 15.8 Å². The van der Waals surface area contributed by atoms with Gasteiger partial charge in [0.15, 0.2) is 0 Å².